The standard InChI is InChI=1S/C14H16N2O2S/c1-3-5-11-8-10(6-7-15-11)13-16-9-12(19-13)14(17)18-4-2/h6-9H,3-5H2,1-2H3. The molecule has 0 saturated carbocycles. The molecule has 0 bridgehead atoms. The summed E-state index contributed by atoms with van der Waals surface area (Å²) >= 11 is 1.35. The van der Waals surface area contributed by atoms with E-state index in [0.29, 0.717) is 11.5 Å². The number of aromatic nitrogens is 2. The normalized spacial score (nSPS) is 10.4. The number of rotatable bonds is 5. The second-order valence-corrected chi connectivity index (χ2v) is 5.07. The second kappa shape index (κ2) is 6.43. The molecule has 0 amide bonds. The van der Waals surface area contributed by atoms with Gasteiger partial charge < -0.3 is 4.74 Å². The highest BCUT2D eigenvalue weighted by atomic mass is 32.1. The van der Waals surface area contributed by atoms with Crippen molar-refractivity contribution in [2.75, 3.05) is 6.61 Å². The van der Waals surface area contributed by atoms with Crippen molar-refractivity contribution in [3.05, 3.63) is 35.1 Å². The maximum atomic E-state index is 11.6. The van der Waals surface area contributed by atoms with Crippen LogP contribution in [0, 0.1) is 0 Å². The van der Waals surface area contributed by atoms with Gasteiger partial charge in [0.2, 0.25) is 0 Å². The van der Waals surface area contributed by atoms with E-state index in [1.165, 1.54) is 11.3 Å². The number of hydrogen-bond acceptors (Lipinski definition) is 5. The number of aryl methyl sites for hydroxylation is 1. The highest BCUT2D eigenvalue weighted by molar-refractivity contribution is 7.16. The van der Waals surface area contributed by atoms with E-state index >= 15 is 0 Å². The predicted octanol–water partition coefficient (Wildman–Crippen LogP) is 3.33. The predicted molar refractivity (Wildman–Crippen MR) is 75.3 cm³/mol. The van der Waals surface area contributed by atoms with Crippen molar-refractivity contribution in [1.29, 1.82) is 0 Å². The zero-order chi connectivity index (χ0) is 13.7. The number of carbonyl (C=O) groups is 1. The van der Waals surface area contributed by atoms with Gasteiger partial charge >= 0.3 is 5.97 Å². The van der Waals surface area contributed by atoms with Crippen molar-refractivity contribution in [3.63, 3.8) is 0 Å². The smallest absolute Gasteiger partial charge is 0.349 e. The maximum absolute atomic E-state index is 11.6. The largest absolute Gasteiger partial charge is 0.462 e. The molecule has 0 aliphatic carbocycles. The fourth-order valence-corrected chi connectivity index (χ4v) is 2.51. The van der Waals surface area contributed by atoms with Gasteiger partial charge in [0.15, 0.2) is 0 Å². The maximum Gasteiger partial charge on any atom is 0.349 e. The molecular weight excluding hydrogens is 260 g/mol. The molecule has 19 heavy (non-hydrogen) atoms. The van der Waals surface area contributed by atoms with Crippen LogP contribution in [0.15, 0.2) is 24.5 Å². The Bertz CT molecular complexity index is 566. The van der Waals surface area contributed by atoms with Crippen molar-refractivity contribution in [2.45, 2.75) is 26.7 Å². The molecule has 100 valence electrons. The van der Waals surface area contributed by atoms with Gasteiger partial charge in [-0.15, -0.1) is 11.3 Å². The summed E-state index contributed by atoms with van der Waals surface area (Å²) in [5, 5.41) is 0.822. The van der Waals surface area contributed by atoms with E-state index in [1.54, 1.807) is 19.3 Å². The molecule has 0 atom stereocenters. The second-order valence-electron chi connectivity index (χ2n) is 4.04. The van der Waals surface area contributed by atoms with Crippen LogP contribution in [-0.2, 0) is 11.2 Å². The molecule has 0 radical (unpaired) electrons. The summed E-state index contributed by atoms with van der Waals surface area (Å²) in [5.74, 6) is -0.311. The van der Waals surface area contributed by atoms with E-state index < -0.39 is 0 Å². The molecule has 0 aromatic carbocycles. The first-order chi connectivity index (χ1) is 9.24. The van der Waals surface area contributed by atoms with E-state index in [2.05, 4.69) is 16.9 Å². The minimum absolute atomic E-state index is 0.311. The topological polar surface area (TPSA) is 52.1 Å². The SMILES string of the molecule is CCCc1cc(-c2ncc(C(=O)OCC)s2)ccn1. The highest BCUT2D eigenvalue weighted by Crippen LogP contribution is 2.25. The Labute approximate surface area is 116 Å². The minimum Gasteiger partial charge on any atom is -0.462 e. The molecule has 2 aromatic heterocycles. The number of thiazole rings is 1. The lowest BCUT2D eigenvalue weighted by Crippen LogP contribution is -2.01. The molecule has 0 spiro atoms. The molecule has 2 heterocycles. The van der Waals surface area contributed by atoms with Crippen molar-refractivity contribution < 1.29 is 9.53 Å². The van der Waals surface area contributed by atoms with Crippen LogP contribution in [0.25, 0.3) is 10.6 Å². The van der Waals surface area contributed by atoms with Crippen LogP contribution < -0.4 is 0 Å². The van der Waals surface area contributed by atoms with Crippen molar-refractivity contribution in [1.82, 2.24) is 9.97 Å². The summed E-state index contributed by atoms with van der Waals surface area (Å²) in [4.78, 5) is 20.7. The number of hydrogen-bond donors (Lipinski definition) is 0. The van der Waals surface area contributed by atoms with E-state index in [0.717, 1.165) is 29.1 Å². The summed E-state index contributed by atoms with van der Waals surface area (Å²) in [6, 6.07) is 3.93. The highest BCUT2D eigenvalue weighted by Gasteiger charge is 2.12. The molecule has 0 N–H and O–H groups in total. The lowest BCUT2D eigenvalue weighted by Gasteiger charge is -2.00. The third-order valence-electron chi connectivity index (χ3n) is 2.55. The third kappa shape index (κ3) is 3.38. The fourth-order valence-electron chi connectivity index (χ4n) is 1.71. The number of carbonyl (C=O) groups excluding carboxylic acids is 1. The molecule has 2 rings (SSSR count). The zero-order valence-electron chi connectivity index (χ0n) is 11.0. The van der Waals surface area contributed by atoms with Crippen LogP contribution >= 0.6 is 11.3 Å². The Morgan fingerprint density at radius 2 is 2.21 bits per heavy atom. The van der Waals surface area contributed by atoms with E-state index in [9.17, 15) is 4.79 Å². The number of esters is 1. The van der Waals surface area contributed by atoms with E-state index in [-0.39, 0.29) is 5.97 Å². The average molecular weight is 276 g/mol. The van der Waals surface area contributed by atoms with Gasteiger partial charge in [-0.25, -0.2) is 9.78 Å². The van der Waals surface area contributed by atoms with Gasteiger partial charge in [-0.3, -0.25) is 4.98 Å². The first-order valence-electron chi connectivity index (χ1n) is 6.32. The zero-order valence-corrected chi connectivity index (χ0v) is 11.9. The summed E-state index contributed by atoms with van der Waals surface area (Å²) < 4.78 is 4.96. The number of ether oxygens (including phenoxy) is 1. The fraction of sp³-hybridized carbons (Fsp3) is 0.357. The molecule has 5 heteroatoms. The molecule has 0 saturated heterocycles. The van der Waals surface area contributed by atoms with Gasteiger partial charge in [0.25, 0.3) is 0 Å². The van der Waals surface area contributed by atoms with Gasteiger partial charge in [-0.2, -0.15) is 0 Å². The Hall–Kier alpha value is -1.75. The van der Waals surface area contributed by atoms with Crippen LogP contribution in [0.1, 0.15) is 35.6 Å². The molecular formula is C14H16N2O2S. The van der Waals surface area contributed by atoms with Gasteiger partial charge in [0, 0.05) is 17.5 Å². The number of nitrogens with zero attached hydrogens (tertiary/aromatic N) is 2. The van der Waals surface area contributed by atoms with Crippen molar-refractivity contribution in [3.8, 4) is 10.6 Å². The molecule has 0 aliphatic rings. The van der Waals surface area contributed by atoms with E-state index in [1.807, 2.05) is 12.1 Å². The monoisotopic (exact) mass is 276 g/mol. The first kappa shape index (κ1) is 13.7. The molecule has 2 aromatic rings. The lowest BCUT2D eigenvalue weighted by molar-refractivity contribution is 0.0532. The van der Waals surface area contributed by atoms with Crippen LogP contribution in [-0.4, -0.2) is 22.5 Å². The van der Waals surface area contributed by atoms with Crippen LogP contribution in [0.5, 0.6) is 0 Å². The average Bonchev–Trinajstić information content (AvgIpc) is 2.89. The Morgan fingerprint density at radius 3 is 2.95 bits per heavy atom. The van der Waals surface area contributed by atoms with Crippen LogP contribution in [0.3, 0.4) is 0 Å². The van der Waals surface area contributed by atoms with Crippen molar-refractivity contribution in [2.24, 2.45) is 0 Å². The minimum atomic E-state index is -0.311. The number of pyridine rings is 1. The molecule has 0 fully saturated rings. The van der Waals surface area contributed by atoms with Crippen molar-refractivity contribution >= 4 is 17.3 Å². The third-order valence-corrected chi connectivity index (χ3v) is 3.58. The van der Waals surface area contributed by atoms with Gasteiger partial charge in [0.05, 0.1) is 12.8 Å². The lowest BCUT2D eigenvalue weighted by atomic mass is 10.2. The summed E-state index contributed by atoms with van der Waals surface area (Å²) in [6.07, 6.45) is 5.36. The summed E-state index contributed by atoms with van der Waals surface area (Å²) in [6.45, 7) is 4.29. The Morgan fingerprint density at radius 1 is 1.37 bits per heavy atom. The summed E-state index contributed by atoms with van der Waals surface area (Å²) in [7, 11) is 0. The Balaban J connectivity index is 2.22. The van der Waals surface area contributed by atoms with Gasteiger partial charge in [-0.05, 0) is 25.5 Å². The van der Waals surface area contributed by atoms with E-state index in [4.69, 9.17) is 4.74 Å². The van der Waals surface area contributed by atoms with Crippen LogP contribution in [0.2, 0.25) is 0 Å². The molecule has 4 nitrogen and oxygen atoms in total. The van der Waals surface area contributed by atoms with Crippen LogP contribution in [0.4, 0.5) is 0 Å². The molecule has 0 aliphatic heterocycles. The molecule has 0 unspecified atom stereocenters. The quantitative estimate of drug-likeness (QED) is 0.786. The Kier molecular flexibility index (Phi) is 4.63. The van der Waals surface area contributed by atoms with Gasteiger partial charge in [-0.1, -0.05) is 13.3 Å². The van der Waals surface area contributed by atoms with Gasteiger partial charge in [0.1, 0.15) is 9.88 Å². The first-order valence-corrected chi connectivity index (χ1v) is 7.14. The summed E-state index contributed by atoms with van der Waals surface area (Å²) in [5.41, 5.74) is 2.05.